The van der Waals surface area contributed by atoms with E-state index in [-0.39, 0.29) is 5.97 Å². The molecule has 2 aromatic rings. The number of unbranched alkanes of at least 4 members (excludes halogenated alkanes) is 6. The highest BCUT2D eigenvalue weighted by Gasteiger charge is 2.20. The van der Waals surface area contributed by atoms with Crippen molar-refractivity contribution in [2.75, 3.05) is 6.61 Å². The van der Waals surface area contributed by atoms with Crippen LogP contribution >= 0.6 is 0 Å². The Kier molecular flexibility index (Phi) is 15.3. The molecular formula is C37H56O3. The summed E-state index contributed by atoms with van der Waals surface area (Å²) in [7, 11) is 0. The SMILES string of the molecule is CCCCCCCC1CCC(CCc2ccc(OC(=O)c3ccc(OCCCCCC(C)CC)cc3)cc2)CC1. The van der Waals surface area contributed by atoms with Gasteiger partial charge in [0.1, 0.15) is 11.5 Å². The number of hydrogen-bond donors (Lipinski definition) is 0. The summed E-state index contributed by atoms with van der Waals surface area (Å²) in [6.45, 7) is 7.59. The molecule has 0 saturated heterocycles. The Bertz CT molecular complexity index is 925. The van der Waals surface area contributed by atoms with Gasteiger partial charge >= 0.3 is 5.97 Å². The van der Waals surface area contributed by atoms with Gasteiger partial charge in [-0.25, -0.2) is 4.79 Å². The minimum Gasteiger partial charge on any atom is -0.494 e. The first-order valence-electron chi connectivity index (χ1n) is 16.6. The van der Waals surface area contributed by atoms with Crippen LogP contribution in [0.2, 0.25) is 0 Å². The highest BCUT2D eigenvalue weighted by molar-refractivity contribution is 5.91. The lowest BCUT2D eigenvalue weighted by Gasteiger charge is -2.28. The third kappa shape index (κ3) is 12.5. The third-order valence-corrected chi connectivity index (χ3v) is 9.05. The van der Waals surface area contributed by atoms with Crippen molar-refractivity contribution in [2.45, 2.75) is 130 Å². The van der Waals surface area contributed by atoms with Gasteiger partial charge in [-0.3, -0.25) is 0 Å². The monoisotopic (exact) mass is 548 g/mol. The van der Waals surface area contributed by atoms with E-state index in [1.807, 2.05) is 24.3 Å². The lowest BCUT2D eigenvalue weighted by atomic mass is 9.78. The van der Waals surface area contributed by atoms with E-state index < -0.39 is 0 Å². The molecule has 1 saturated carbocycles. The van der Waals surface area contributed by atoms with Crippen LogP contribution in [0.1, 0.15) is 139 Å². The zero-order valence-electron chi connectivity index (χ0n) is 25.8. The third-order valence-electron chi connectivity index (χ3n) is 9.05. The maximum absolute atomic E-state index is 12.6. The number of carbonyl (C=O) groups is 1. The van der Waals surface area contributed by atoms with Crippen LogP contribution in [0.15, 0.2) is 48.5 Å². The minimum absolute atomic E-state index is 0.327. The largest absolute Gasteiger partial charge is 0.494 e. The fourth-order valence-corrected chi connectivity index (χ4v) is 5.96. The quantitative estimate of drug-likeness (QED) is 0.0995. The molecule has 0 radical (unpaired) electrons. The molecule has 3 nitrogen and oxygen atoms in total. The fourth-order valence-electron chi connectivity index (χ4n) is 5.96. The zero-order chi connectivity index (χ0) is 28.4. The van der Waals surface area contributed by atoms with Crippen molar-refractivity contribution in [1.82, 2.24) is 0 Å². The summed E-state index contributed by atoms with van der Waals surface area (Å²) in [5.41, 5.74) is 1.88. The first-order chi connectivity index (χ1) is 19.6. The molecule has 1 fully saturated rings. The number of rotatable bonds is 19. The van der Waals surface area contributed by atoms with E-state index >= 15 is 0 Å². The maximum Gasteiger partial charge on any atom is 0.343 e. The molecule has 3 rings (SSSR count). The highest BCUT2D eigenvalue weighted by atomic mass is 16.5. The average Bonchev–Trinajstić information content (AvgIpc) is 2.99. The summed E-state index contributed by atoms with van der Waals surface area (Å²) in [6, 6.07) is 15.4. The summed E-state index contributed by atoms with van der Waals surface area (Å²) >= 11 is 0. The van der Waals surface area contributed by atoms with Crippen LogP contribution in [0.5, 0.6) is 11.5 Å². The number of hydrogen-bond acceptors (Lipinski definition) is 3. The van der Waals surface area contributed by atoms with Gasteiger partial charge in [0.05, 0.1) is 12.2 Å². The molecule has 3 heteroatoms. The Morgan fingerprint density at radius 1 is 0.750 bits per heavy atom. The summed E-state index contributed by atoms with van der Waals surface area (Å²) in [5.74, 6) is 3.75. The van der Waals surface area contributed by atoms with Gasteiger partial charge in [-0.2, -0.15) is 0 Å². The molecule has 222 valence electrons. The number of esters is 1. The van der Waals surface area contributed by atoms with Gasteiger partial charge < -0.3 is 9.47 Å². The van der Waals surface area contributed by atoms with Crippen LogP contribution in [0.25, 0.3) is 0 Å². The van der Waals surface area contributed by atoms with Gasteiger partial charge in [0.2, 0.25) is 0 Å². The van der Waals surface area contributed by atoms with Crippen molar-refractivity contribution in [3.8, 4) is 11.5 Å². The minimum atomic E-state index is -0.327. The van der Waals surface area contributed by atoms with E-state index in [1.165, 1.54) is 102 Å². The van der Waals surface area contributed by atoms with Crippen molar-refractivity contribution in [3.63, 3.8) is 0 Å². The van der Waals surface area contributed by atoms with E-state index in [9.17, 15) is 4.79 Å². The Balaban J connectivity index is 1.30. The smallest absolute Gasteiger partial charge is 0.343 e. The summed E-state index contributed by atoms with van der Waals surface area (Å²) < 4.78 is 11.5. The van der Waals surface area contributed by atoms with Gasteiger partial charge in [0.25, 0.3) is 0 Å². The Morgan fingerprint density at radius 3 is 2.05 bits per heavy atom. The number of ether oxygens (including phenoxy) is 2. The van der Waals surface area contributed by atoms with Crippen LogP contribution in [0, 0.1) is 17.8 Å². The Hall–Kier alpha value is -2.29. The predicted molar refractivity (Wildman–Crippen MR) is 168 cm³/mol. The molecule has 40 heavy (non-hydrogen) atoms. The standard InChI is InChI=1S/C37H56O3/c1-4-6-7-8-11-14-31-15-17-32(18-16-31)19-20-33-21-25-36(26-22-33)40-37(38)34-23-27-35(28-24-34)39-29-12-9-10-13-30(3)5-2/h21-28,30-32H,4-20,29H2,1-3H3. The lowest BCUT2D eigenvalue weighted by Crippen LogP contribution is -2.15. The second kappa shape index (κ2) is 18.9. The van der Waals surface area contributed by atoms with E-state index in [0.717, 1.165) is 43.0 Å². The number of aryl methyl sites for hydroxylation is 1. The number of benzene rings is 2. The summed E-state index contributed by atoms with van der Waals surface area (Å²) in [5, 5.41) is 0. The molecule has 0 spiro atoms. The molecule has 2 aromatic carbocycles. The summed E-state index contributed by atoms with van der Waals surface area (Å²) in [6.07, 6.45) is 22.6. The highest BCUT2D eigenvalue weighted by Crippen LogP contribution is 2.34. The number of carbonyl (C=O) groups excluding carboxylic acids is 1. The predicted octanol–water partition coefficient (Wildman–Crippen LogP) is 11.0. The molecule has 1 atom stereocenters. The van der Waals surface area contributed by atoms with Crippen LogP contribution in [0.3, 0.4) is 0 Å². The normalized spacial score (nSPS) is 17.9. The van der Waals surface area contributed by atoms with Crippen molar-refractivity contribution in [2.24, 2.45) is 17.8 Å². The average molecular weight is 549 g/mol. The first kappa shape index (κ1) is 32.2. The van der Waals surface area contributed by atoms with Gasteiger partial charge in [-0.1, -0.05) is 123 Å². The molecular weight excluding hydrogens is 492 g/mol. The van der Waals surface area contributed by atoms with Gasteiger partial charge in [-0.05, 0) is 79.0 Å². The molecule has 0 aromatic heterocycles. The van der Waals surface area contributed by atoms with E-state index in [4.69, 9.17) is 9.47 Å². The molecule has 0 heterocycles. The molecule has 0 bridgehead atoms. The second-order valence-corrected chi connectivity index (χ2v) is 12.4. The second-order valence-electron chi connectivity index (χ2n) is 12.4. The Labute approximate surface area is 245 Å². The fraction of sp³-hybridized carbons (Fsp3) is 0.649. The van der Waals surface area contributed by atoms with Crippen molar-refractivity contribution in [3.05, 3.63) is 59.7 Å². The van der Waals surface area contributed by atoms with Crippen LogP contribution < -0.4 is 9.47 Å². The summed E-state index contributed by atoms with van der Waals surface area (Å²) in [4.78, 5) is 12.6. The molecule has 0 N–H and O–H groups in total. The Morgan fingerprint density at radius 2 is 1.38 bits per heavy atom. The lowest BCUT2D eigenvalue weighted by molar-refractivity contribution is 0.0734. The first-order valence-corrected chi connectivity index (χ1v) is 16.6. The van der Waals surface area contributed by atoms with Crippen molar-refractivity contribution >= 4 is 5.97 Å². The van der Waals surface area contributed by atoms with E-state index in [1.54, 1.807) is 12.1 Å². The van der Waals surface area contributed by atoms with E-state index in [2.05, 4.69) is 32.9 Å². The topological polar surface area (TPSA) is 35.5 Å². The van der Waals surface area contributed by atoms with Gasteiger partial charge in [0, 0.05) is 0 Å². The van der Waals surface area contributed by atoms with Crippen LogP contribution in [-0.4, -0.2) is 12.6 Å². The molecule has 0 aliphatic heterocycles. The molecule has 1 aliphatic carbocycles. The zero-order valence-corrected chi connectivity index (χ0v) is 25.8. The van der Waals surface area contributed by atoms with E-state index in [0.29, 0.717) is 11.3 Å². The van der Waals surface area contributed by atoms with Crippen LogP contribution in [0.4, 0.5) is 0 Å². The van der Waals surface area contributed by atoms with Crippen molar-refractivity contribution < 1.29 is 14.3 Å². The van der Waals surface area contributed by atoms with Crippen molar-refractivity contribution in [1.29, 1.82) is 0 Å². The van der Waals surface area contributed by atoms with Gasteiger partial charge in [0.15, 0.2) is 0 Å². The molecule has 1 unspecified atom stereocenters. The van der Waals surface area contributed by atoms with Gasteiger partial charge in [-0.15, -0.1) is 0 Å². The maximum atomic E-state index is 12.6. The molecule has 0 amide bonds. The van der Waals surface area contributed by atoms with Crippen LogP contribution in [-0.2, 0) is 6.42 Å². The molecule has 1 aliphatic rings.